The second kappa shape index (κ2) is 7.43. The molecule has 2 fully saturated rings. The van der Waals surface area contributed by atoms with Gasteiger partial charge in [-0.3, -0.25) is 9.69 Å². The molecule has 4 heteroatoms. The van der Waals surface area contributed by atoms with Gasteiger partial charge in [0, 0.05) is 26.1 Å². The fraction of sp³-hybridized carbons (Fsp3) is 0.632. The van der Waals surface area contributed by atoms with Crippen LogP contribution in [0, 0.1) is 17.7 Å². The normalized spacial score (nSPS) is 20.3. The molecular formula is C19H27FN2O. The van der Waals surface area contributed by atoms with E-state index in [-0.39, 0.29) is 5.82 Å². The molecular weight excluding hydrogens is 291 g/mol. The lowest BCUT2D eigenvalue weighted by Gasteiger charge is -2.35. The minimum Gasteiger partial charge on any atom is -0.345 e. The molecule has 0 radical (unpaired) electrons. The molecule has 3 nitrogen and oxygen atoms in total. The monoisotopic (exact) mass is 318 g/mol. The molecule has 1 amide bonds. The van der Waals surface area contributed by atoms with Gasteiger partial charge in [-0.2, -0.15) is 0 Å². The summed E-state index contributed by atoms with van der Waals surface area (Å²) in [6.45, 7) is 3.92. The minimum atomic E-state index is -0.174. The fourth-order valence-electron chi connectivity index (χ4n) is 3.62. The Morgan fingerprint density at radius 3 is 2.39 bits per heavy atom. The van der Waals surface area contributed by atoms with Gasteiger partial charge in [0.1, 0.15) is 5.82 Å². The maximum Gasteiger partial charge on any atom is 0.225 e. The van der Waals surface area contributed by atoms with Gasteiger partial charge in [-0.05, 0) is 62.4 Å². The van der Waals surface area contributed by atoms with Gasteiger partial charge in [-0.15, -0.1) is 0 Å². The third-order valence-electron chi connectivity index (χ3n) is 5.39. The number of piperidine rings is 1. The minimum absolute atomic E-state index is 0.174. The van der Waals surface area contributed by atoms with Crippen LogP contribution in [-0.2, 0) is 11.3 Å². The van der Waals surface area contributed by atoms with E-state index in [0.29, 0.717) is 17.7 Å². The summed E-state index contributed by atoms with van der Waals surface area (Å²) in [5.74, 6) is 1.10. The summed E-state index contributed by atoms with van der Waals surface area (Å²) in [5, 5.41) is 0. The van der Waals surface area contributed by atoms with Crippen LogP contribution in [-0.4, -0.2) is 42.4 Å². The van der Waals surface area contributed by atoms with Gasteiger partial charge in [0.25, 0.3) is 0 Å². The van der Waals surface area contributed by atoms with E-state index in [2.05, 4.69) is 4.90 Å². The molecule has 0 N–H and O–H groups in total. The molecule has 126 valence electrons. The van der Waals surface area contributed by atoms with Gasteiger partial charge < -0.3 is 4.90 Å². The van der Waals surface area contributed by atoms with Gasteiger partial charge in [0.2, 0.25) is 5.91 Å². The number of likely N-dealkylation sites (tertiary alicyclic amines) is 1. The summed E-state index contributed by atoms with van der Waals surface area (Å²) in [6, 6.07) is 6.80. The highest BCUT2D eigenvalue weighted by Crippen LogP contribution is 2.29. The molecule has 1 heterocycles. The fourth-order valence-corrected chi connectivity index (χ4v) is 3.62. The summed E-state index contributed by atoms with van der Waals surface area (Å²) in [5.41, 5.74) is 1.17. The van der Waals surface area contributed by atoms with Crippen LogP contribution in [0.5, 0.6) is 0 Å². The van der Waals surface area contributed by atoms with Crippen molar-refractivity contribution in [2.45, 2.75) is 38.6 Å². The smallest absolute Gasteiger partial charge is 0.225 e. The highest BCUT2D eigenvalue weighted by molar-refractivity contribution is 5.79. The lowest BCUT2D eigenvalue weighted by atomic mass is 9.84. The average molecular weight is 318 g/mol. The van der Waals surface area contributed by atoms with Crippen molar-refractivity contribution >= 4 is 5.91 Å². The predicted molar refractivity (Wildman–Crippen MR) is 89.4 cm³/mol. The van der Waals surface area contributed by atoms with E-state index in [9.17, 15) is 9.18 Å². The third-order valence-corrected chi connectivity index (χ3v) is 5.39. The molecule has 1 aliphatic heterocycles. The van der Waals surface area contributed by atoms with Crippen LogP contribution >= 0.6 is 0 Å². The van der Waals surface area contributed by atoms with Gasteiger partial charge in [-0.25, -0.2) is 4.39 Å². The maximum absolute atomic E-state index is 12.9. The van der Waals surface area contributed by atoms with E-state index >= 15 is 0 Å². The number of hydrogen-bond acceptors (Lipinski definition) is 2. The van der Waals surface area contributed by atoms with Crippen LogP contribution in [0.2, 0.25) is 0 Å². The van der Waals surface area contributed by atoms with Crippen LogP contribution in [0.15, 0.2) is 24.3 Å². The molecule has 0 bridgehead atoms. The van der Waals surface area contributed by atoms with Gasteiger partial charge in [0.15, 0.2) is 0 Å². The number of rotatable bonds is 5. The third kappa shape index (κ3) is 4.31. The zero-order valence-electron chi connectivity index (χ0n) is 14.0. The van der Waals surface area contributed by atoms with E-state index in [1.54, 1.807) is 0 Å². The van der Waals surface area contributed by atoms with Gasteiger partial charge in [0.05, 0.1) is 0 Å². The van der Waals surface area contributed by atoms with Crippen molar-refractivity contribution in [2.24, 2.45) is 11.8 Å². The summed E-state index contributed by atoms with van der Waals surface area (Å²) in [6.07, 6.45) is 5.66. The summed E-state index contributed by atoms with van der Waals surface area (Å²) < 4.78 is 12.9. The standard InChI is InChI=1S/C19H27FN2O/c1-21(19(23)17-3-2-4-17)13-16-9-11-22(12-10-16)14-15-5-7-18(20)8-6-15/h5-8,16-17H,2-4,9-14H2,1H3. The molecule has 3 rings (SSSR count). The van der Waals surface area contributed by atoms with Crippen molar-refractivity contribution in [3.8, 4) is 0 Å². The second-order valence-electron chi connectivity index (χ2n) is 7.19. The highest BCUT2D eigenvalue weighted by Gasteiger charge is 2.29. The van der Waals surface area contributed by atoms with Crippen LogP contribution in [0.4, 0.5) is 4.39 Å². The number of benzene rings is 1. The number of nitrogens with zero attached hydrogens (tertiary/aromatic N) is 2. The van der Waals surface area contributed by atoms with Gasteiger partial charge in [-0.1, -0.05) is 18.6 Å². The maximum atomic E-state index is 12.9. The first kappa shape index (κ1) is 16.4. The number of carbonyl (C=O) groups is 1. The summed E-state index contributed by atoms with van der Waals surface area (Å²) in [4.78, 5) is 16.6. The number of amides is 1. The molecule has 0 spiro atoms. The summed E-state index contributed by atoms with van der Waals surface area (Å²) >= 11 is 0. The summed E-state index contributed by atoms with van der Waals surface area (Å²) in [7, 11) is 1.96. The first-order valence-electron chi connectivity index (χ1n) is 8.83. The Morgan fingerprint density at radius 1 is 1.17 bits per heavy atom. The van der Waals surface area contributed by atoms with E-state index in [0.717, 1.165) is 51.9 Å². The molecule has 0 atom stereocenters. The van der Waals surface area contributed by atoms with Crippen molar-refractivity contribution < 1.29 is 9.18 Å². The largest absolute Gasteiger partial charge is 0.345 e. The first-order valence-corrected chi connectivity index (χ1v) is 8.83. The van der Waals surface area contributed by atoms with Crippen molar-refractivity contribution in [1.82, 2.24) is 9.80 Å². The van der Waals surface area contributed by atoms with Crippen molar-refractivity contribution in [2.75, 3.05) is 26.7 Å². The Morgan fingerprint density at radius 2 is 1.83 bits per heavy atom. The van der Waals surface area contributed by atoms with E-state index in [4.69, 9.17) is 0 Å². The SMILES string of the molecule is CN(CC1CCN(Cc2ccc(F)cc2)CC1)C(=O)C1CCC1. The van der Waals surface area contributed by atoms with E-state index in [1.807, 2.05) is 24.1 Å². The zero-order chi connectivity index (χ0) is 16.2. The quantitative estimate of drug-likeness (QED) is 0.832. The van der Waals surface area contributed by atoms with E-state index < -0.39 is 0 Å². The zero-order valence-corrected chi connectivity index (χ0v) is 14.0. The predicted octanol–water partition coefficient (Wildman–Crippen LogP) is 3.30. The second-order valence-corrected chi connectivity index (χ2v) is 7.19. The number of hydrogen-bond donors (Lipinski definition) is 0. The van der Waals surface area contributed by atoms with Crippen LogP contribution in [0.25, 0.3) is 0 Å². The average Bonchev–Trinajstić information content (AvgIpc) is 2.50. The molecule has 23 heavy (non-hydrogen) atoms. The van der Waals surface area contributed by atoms with Crippen molar-refractivity contribution in [3.63, 3.8) is 0 Å². The Kier molecular flexibility index (Phi) is 5.31. The molecule has 0 aromatic heterocycles. The molecule has 1 aromatic carbocycles. The molecule has 2 aliphatic rings. The lowest BCUT2D eigenvalue weighted by Crippen LogP contribution is -2.42. The molecule has 1 saturated heterocycles. The molecule has 1 saturated carbocycles. The van der Waals surface area contributed by atoms with Crippen molar-refractivity contribution in [3.05, 3.63) is 35.6 Å². The molecule has 1 aliphatic carbocycles. The van der Waals surface area contributed by atoms with E-state index in [1.165, 1.54) is 24.1 Å². The van der Waals surface area contributed by atoms with Crippen LogP contribution < -0.4 is 0 Å². The Labute approximate surface area is 138 Å². The Hall–Kier alpha value is -1.42. The lowest BCUT2D eigenvalue weighted by molar-refractivity contribution is -0.137. The van der Waals surface area contributed by atoms with Crippen molar-refractivity contribution in [1.29, 1.82) is 0 Å². The Balaban J connectivity index is 1.41. The van der Waals surface area contributed by atoms with Gasteiger partial charge >= 0.3 is 0 Å². The van der Waals surface area contributed by atoms with Crippen LogP contribution in [0.1, 0.15) is 37.7 Å². The first-order chi connectivity index (χ1) is 11.1. The molecule has 1 aromatic rings. The number of halogens is 1. The van der Waals surface area contributed by atoms with Crippen LogP contribution in [0.3, 0.4) is 0 Å². The highest BCUT2D eigenvalue weighted by atomic mass is 19.1. The Bertz CT molecular complexity index is 519. The topological polar surface area (TPSA) is 23.6 Å². The molecule has 0 unspecified atom stereocenters. The number of carbonyl (C=O) groups excluding carboxylic acids is 1.